The molecule has 0 saturated heterocycles. The van der Waals surface area contributed by atoms with Gasteiger partial charge in [0.25, 0.3) is 0 Å². The number of ether oxygens (including phenoxy) is 2. The monoisotopic (exact) mass is 273 g/mol. The van der Waals surface area contributed by atoms with Crippen LogP contribution < -0.4 is 14.8 Å². The van der Waals surface area contributed by atoms with E-state index < -0.39 is 0 Å². The van der Waals surface area contributed by atoms with Gasteiger partial charge in [-0.3, -0.25) is 0 Å². The van der Waals surface area contributed by atoms with Crippen molar-refractivity contribution in [2.75, 3.05) is 20.3 Å². The standard InChI is InChI=1S/C13H20ClNO3/c1-9(2)15-8-10-6-11(14)7-12(17-3)13(10)18-5-4-16/h6-7,9,15-16H,4-5,8H2,1-3H3. The van der Waals surface area contributed by atoms with E-state index in [0.717, 1.165) is 5.56 Å². The highest BCUT2D eigenvalue weighted by Gasteiger charge is 2.13. The summed E-state index contributed by atoms with van der Waals surface area (Å²) in [6.07, 6.45) is 0. The first kappa shape index (κ1) is 15.1. The molecule has 0 spiro atoms. The second kappa shape index (κ2) is 7.46. The molecule has 0 aliphatic heterocycles. The Labute approximate surface area is 113 Å². The fourth-order valence-corrected chi connectivity index (χ4v) is 1.76. The number of nitrogens with one attached hydrogen (secondary N) is 1. The first-order chi connectivity index (χ1) is 8.58. The predicted molar refractivity (Wildman–Crippen MR) is 72.6 cm³/mol. The molecule has 0 radical (unpaired) electrons. The van der Waals surface area contributed by atoms with E-state index in [1.165, 1.54) is 0 Å². The van der Waals surface area contributed by atoms with Crippen LogP contribution in [0.1, 0.15) is 19.4 Å². The highest BCUT2D eigenvalue weighted by molar-refractivity contribution is 6.30. The molecule has 18 heavy (non-hydrogen) atoms. The quantitative estimate of drug-likeness (QED) is 0.800. The summed E-state index contributed by atoms with van der Waals surface area (Å²) in [5.41, 5.74) is 0.918. The van der Waals surface area contributed by atoms with Crippen LogP contribution in [0, 0.1) is 0 Å². The minimum Gasteiger partial charge on any atom is -0.493 e. The number of aliphatic hydroxyl groups excluding tert-OH is 1. The van der Waals surface area contributed by atoms with Crippen LogP contribution in [0.3, 0.4) is 0 Å². The van der Waals surface area contributed by atoms with Gasteiger partial charge in [0.05, 0.1) is 13.7 Å². The lowest BCUT2D eigenvalue weighted by Crippen LogP contribution is -2.22. The van der Waals surface area contributed by atoms with Crippen LogP contribution in [-0.4, -0.2) is 31.5 Å². The van der Waals surface area contributed by atoms with Gasteiger partial charge in [0.2, 0.25) is 0 Å². The van der Waals surface area contributed by atoms with E-state index in [2.05, 4.69) is 19.2 Å². The molecular formula is C13H20ClNO3. The first-order valence-corrected chi connectivity index (χ1v) is 6.29. The van der Waals surface area contributed by atoms with Crippen molar-refractivity contribution in [3.8, 4) is 11.5 Å². The van der Waals surface area contributed by atoms with Gasteiger partial charge < -0.3 is 19.9 Å². The molecule has 1 aromatic carbocycles. The summed E-state index contributed by atoms with van der Waals surface area (Å²) in [6, 6.07) is 3.90. The summed E-state index contributed by atoms with van der Waals surface area (Å²) < 4.78 is 10.8. The third kappa shape index (κ3) is 4.37. The van der Waals surface area contributed by atoms with Gasteiger partial charge in [-0.05, 0) is 6.07 Å². The molecule has 0 atom stereocenters. The van der Waals surface area contributed by atoms with E-state index in [-0.39, 0.29) is 13.2 Å². The SMILES string of the molecule is COc1cc(Cl)cc(CNC(C)C)c1OCCO. The van der Waals surface area contributed by atoms with Gasteiger partial charge in [0.15, 0.2) is 11.5 Å². The van der Waals surface area contributed by atoms with Crippen molar-refractivity contribution in [3.63, 3.8) is 0 Å². The van der Waals surface area contributed by atoms with Crippen LogP contribution >= 0.6 is 11.6 Å². The van der Waals surface area contributed by atoms with E-state index in [9.17, 15) is 0 Å². The summed E-state index contributed by atoms with van der Waals surface area (Å²) >= 11 is 6.04. The second-order valence-electron chi connectivity index (χ2n) is 4.20. The average molecular weight is 274 g/mol. The van der Waals surface area contributed by atoms with E-state index in [1.54, 1.807) is 13.2 Å². The zero-order chi connectivity index (χ0) is 13.5. The minimum absolute atomic E-state index is 0.0389. The van der Waals surface area contributed by atoms with Gasteiger partial charge in [0, 0.05) is 29.2 Å². The van der Waals surface area contributed by atoms with Crippen LogP contribution in [0.2, 0.25) is 5.02 Å². The Balaban J connectivity index is 2.98. The maximum atomic E-state index is 8.85. The van der Waals surface area contributed by atoms with Crippen LogP contribution in [0.25, 0.3) is 0 Å². The van der Waals surface area contributed by atoms with Crippen molar-refractivity contribution in [1.29, 1.82) is 0 Å². The average Bonchev–Trinajstić information content (AvgIpc) is 2.34. The maximum absolute atomic E-state index is 8.85. The largest absolute Gasteiger partial charge is 0.493 e. The zero-order valence-electron chi connectivity index (χ0n) is 11.0. The minimum atomic E-state index is -0.0389. The fourth-order valence-electron chi connectivity index (χ4n) is 1.53. The molecule has 5 heteroatoms. The molecule has 1 aromatic rings. The van der Waals surface area contributed by atoms with Crippen molar-refractivity contribution in [2.45, 2.75) is 26.4 Å². The van der Waals surface area contributed by atoms with E-state index >= 15 is 0 Å². The third-order valence-electron chi connectivity index (χ3n) is 2.35. The van der Waals surface area contributed by atoms with Crippen LogP contribution in [-0.2, 0) is 6.54 Å². The molecule has 0 aliphatic carbocycles. The van der Waals surface area contributed by atoms with Gasteiger partial charge in [0.1, 0.15) is 6.61 Å². The number of hydrogen-bond donors (Lipinski definition) is 2. The van der Waals surface area contributed by atoms with Crippen molar-refractivity contribution in [2.24, 2.45) is 0 Å². The lowest BCUT2D eigenvalue weighted by atomic mass is 10.1. The molecule has 0 amide bonds. The number of methoxy groups -OCH3 is 1. The van der Waals surface area contributed by atoms with Gasteiger partial charge in [-0.1, -0.05) is 25.4 Å². The molecule has 0 heterocycles. The van der Waals surface area contributed by atoms with Crippen molar-refractivity contribution < 1.29 is 14.6 Å². The summed E-state index contributed by atoms with van der Waals surface area (Å²) in [5, 5.41) is 12.7. The van der Waals surface area contributed by atoms with Crippen molar-refractivity contribution in [3.05, 3.63) is 22.7 Å². The van der Waals surface area contributed by atoms with E-state index in [4.69, 9.17) is 26.2 Å². The summed E-state index contributed by atoms with van der Waals surface area (Å²) in [7, 11) is 1.57. The molecule has 0 aliphatic rings. The molecular weight excluding hydrogens is 254 g/mol. The Bertz CT molecular complexity index is 383. The Morgan fingerprint density at radius 2 is 2.11 bits per heavy atom. The summed E-state index contributed by atoms with van der Waals surface area (Å²) in [6.45, 7) is 4.96. The Morgan fingerprint density at radius 3 is 2.67 bits per heavy atom. The molecule has 1 rings (SSSR count). The third-order valence-corrected chi connectivity index (χ3v) is 2.57. The normalized spacial score (nSPS) is 10.8. The second-order valence-corrected chi connectivity index (χ2v) is 4.64. The number of rotatable bonds is 7. The number of benzene rings is 1. The maximum Gasteiger partial charge on any atom is 0.165 e. The summed E-state index contributed by atoms with van der Waals surface area (Å²) in [5.74, 6) is 1.21. The van der Waals surface area contributed by atoms with Crippen molar-refractivity contribution in [1.82, 2.24) is 5.32 Å². The highest BCUT2D eigenvalue weighted by atomic mass is 35.5. The van der Waals surface area contributed by atoms with Crippen LogP contribution in [0.4, 0.5) is 0 Å². The van der Waals surface area contributed by atoms with Gasteiger partial charge in [-0.25, -0.2) is 0 Å². The first-order valence-electron chi connectivity index (χ1n) is 5.92. The molecule has 0 bridgehead atoms. The topological polar surface area (TPSA) is 50.7 Å². The van der Waals surface area contributed by atoms with E-state index in [1.807, 2.05) is 6.07 Å². The Kier molecular flexibility index (Phi) is 6.25. The smallest absolute Gasteiger partial charge is 0.165 e. The molecule has 0 aromatic heterocycles. The Morgan fingerprint density at radius 1 is 1.39 bits per heavy atom. The van der Waals surface area contributed by atoms with Gasteiger partial charge in [-0.15, -0.1) is 0 Å². The van der Waals surface area contributed by atoms with Crippen LogP contribution in [0.15, 0.2) is 12.1 Å². The predicted octanol–water partition coefficient (Wildman–Crippen LogP) is 2.22. The Hall–Kier alpha value is -0.970. The lowest BCUT2D eigenvalue weighted by Gasteiger charge is -2.16. The number of hydrogen-bond acceptors (Lipinski definition) is 4. The number of aliphatic hydroxyl groups is 1. The molecule has 2 N–H and O–H groups in total. The van der Waals surface area contributed by atoms with Gasteiger partial charge >= 0.3 is 0 Å². The molecule has 0 unspecified atom stereocenters. The van der Waals surface area contributed by atoms with Crippen LogP contribution in [0.5, 0.6) is 11.5 Å². The highest BCUT2D eigenvalue weighted by Crippen LogP contribution is 2.34. The van der Waals surface area contributed by atoms with Crippen molar-refractivity contribution >= 4 is 11.6 Å². The fraction of sp³-hybridized carbons (Fsp3) is 0.538. The van der Waals surface area contributed by atoms with Gasteiger partial charge in [-0.2, -0.15) is 0 Å². The number of halogens is 1. The summed E-state index contributed by atoms with van der Waals surface area (Å²) in [4.78, 5) is 0. The molecule has 0 saturated carbocycles. The zero-order valence-corrected chi connectivity index (χ0v) is 11.8. The lowest BCUT2D eigenvalue weighted by molar-refractivity contribution is 0.195. The molecule has 4 nitrogen and oxygen atoms in total. The molecule has 0 fully saturated rings. The molecule has 102 valence electrons. The van der Waals surface area contributed by atoms with E-state index in [0.29, 0.717) is 29.1 Å².